The van der Waals surface area contributed by atoms with E-state index in [2.05, 4.69) is 5.32 Å². The number of hydrogen-bond acceptors (Lipinski definition) is 2. The van der Waals surface area contributed by atoms with Crippen molar-refractivity contribution in [3.8, 4) is 0 Å². The van der Waals surface area contributed by atoms with Crippen molar-refractivity contribution in [3.05, 3.63) is 0 Å². The van der Waals surface area contributed by atoms with E-state index >= 15 is 0 Å². The average molecular weight is 168 g/mol. The van der Waals surface area contributed by atoms with Crippen molar-refractivity contribution in [3.63, 3.8) is 0 Å². The van der Waals surface area contributed by atoms with Gasteiger partial charge < -0.3 is 11.1 Å². The maximum Gasteiger partial charge on any atom is 0.00792 e. The molecule has 0 saturated heterocycles. The standard InChI is InChI=1S/C10H20N2/c11-10-4-2-1-3-8(10)7-12-9-5-6-9/h8-10,12H,1-7,11H2/t8-,10-/m0/s1. The minimum absolute atomic E-state index is 0.477. The number of hydrogen-bond donors (Lipinski definition) is 2. The predicted octanol–water partition coefficient (Wildman–Crippen LogP) is 1.26. The highest BCUT2D eigenvalue weighted by Crippen LogP contribution is 2.24. The Morgan fingerprint density at radius 2 is 1.83 bits per heavy atom. The van der Waals surface area contributed by atoms with Gasteiger partial charge in [0.05, 0.1) is 0 Å². The summed E-state index contributed by atoms with van der Waals surface area (Å²) in [6, 6.07) is 1.32. The van der Waals surface area contributed by atoms with Crippen molar-refractivity contribution in [1.82, 2.24) is 5.32 Å². The van der Waals surface area contributed by atoms with Crippen LogP contribution in [0.5, 0.6) is 0 Å². The Labute approximate surface area is 74.9 Å². The first kappa shape index (κ1) is 8.52. The molecule has 2 saturated carbocycles. The largest absolute Gasteiger partial charge is 0.327 e. The molecule has 2 fully saturated rings. The Hall–Kier alpha value is -0.0800. The molecule has 2 rings (SSSR count). The molecule has 0 aromatic carbocycles. The number of nitrogens with one attached hydrogen (secondary N) is 1. The van der Waals surface area contributed by atoms with E-state index < -0.39 is 0 Å². The topological polar surface area (TPSA) is 38.0 Å². The van der Waals surface area contributed by atoms with Crippen molar-refractivity contribution in [2.75, 3.05) is 6.54 Å². The first-order valence-corrected chi connectivity index (χ1v) is 5.35. The summed E-state index contributed by atoms with van der Waals surface area (Å²) >= 11 is 0. The lowest BCUT2D eigenvalue weighted by Crippen LogP contribution is -2.39. The molecule has 2 aliphatic rings. The molecule has 0 aromatic rings. The number of nitrogens with two attached hydrogens (primary N) is 1. The van der Waals surface area contributed by atoms with Gasteiger partial charge in [-0.1, -0.05) is 12.8 Å². The second kappa shape index (κ2) is 3.75. The Bertz CT molecular complexity index is 143. The van der Waals surface area contributed by atoms with E-state index in [1.165, 1.54) is 45.1 Å². The van der Waals surface area contributed by atoms with Crippen LogP contribution in [0.1, 0.15) is 38.5 Å². The highest BCUT2D eigenvalue weighted by atomic mass is 15.0. The van der Waals surface area contributed by atoms with Gasteiger partial charge >= 0.3 is 0 Å². The molecule has 2 heteroatoms. The quantitative estimate of drug-likeness (QED) is 0.665. The minimum atomic E-state index is 0.477. The van der Waals surface area contributed by atoms with Crippen LogP contribution in [0, 0.1) is 5.92 Å². The van der Waals surface area contributed by atoms with Crippen LogP contribution in [0.2, 0.25) is 0 Å². The molecular weight excluding hydrogens is 148 g/mol. The highest BCUT2D eigenvalue weighted by Gasteiger charge is 2.25. The van der Waals surface area contributed by atoms with E-state index in [0.717, 1.165) is 12.0 Å². The van der Waals surface area contributed by atoms with Crippen LogP contribution in [-0.2, 0) is 0 Å². The predicted molar refractivity (Wildman–Crippen MR) is 51.0 cm³/mol. The van der Waals surface area contributed by atoms with Crippen LogP contribution in [0.4, 0.5) is 0 Å². The summed E-state index contributed by atoms with van der Waals surface area (Å²) in [5, 5.41) is 3.58. The van der Waals surface area contributed by atoms with Crippen LogP contribution in [-0.4, -0.2) is 18.6 Å². The van der Waals surface area contributed by atoms with Crippen LogP contribution < -0.4 is 11.1 Å². The summed E-state index contributed by atoms with van der Waals surface area (Å²) in [6.45, 7) is 1.17. The van der Waals surface area contributed by atoms with E-state index in [4.69, 9.17) is 5.73 Å². The van der Waals surface area contributed by atoms with Gasteiger partial charge in [0.1, 0.15) is 0 Å². The van der Waals surface area contributed by atoms with E-state index in [9.17, 15) is 0 Å². The Kier molecular flexibility index (Phi) is 2.66. The lowest BCUT2D eigenvalue weighted by Gasteiger charge is -2.28. The maximum atomic E-state index is 6.05. The molecule has 0 bridgehead atoms. The van der Waals surface area contributed by atoms with Crippen molar-refractivity contribution in [2.45, 2.75) is 50.6 Å². The summed E-state index contributed by atoms with van der Waals surface area (Å²) in [5.74, 6) is 0.763. The normalized spacial score (nSPS) is 36.8. The number of rotatable bonds is 3. The summed E-state index contributed by atoms with van der Waals surface area (Å²) < 4.78 is 0. The maximum absolute atomic E-state index is 6.05. The third-order valence-corrected chi connectivity index (χ3v) is 3.21. The van der Waals surface area contributed by atoms with E-state index in [1.807, 2.05) is 0 Å². The van der Waals surface area contributed by atoms with Gasteiger partial charge in [-0.15, -0.1) is 0 Å². The van der Waals surface area contributed by atoms with Gasteiger partial charge in [-0.05, 0) is 38.1 Å². The zero-order chi connectivity index (χ0) is 8.39. The second-order valence-electron chi connectivity index (χ2n) is 4.39. The lowest BCUT2D eigenvalue weighted by molar-refractivity contribution is 0.296. The molecule has 0 amide bonds. The fraction of sp³-hybridized carbons (Fsp3) is 1.00. The van der Waals surface area contributed by atoms with Crippen LogP contribution in [0.3, 0.4) is 0 Å². The molecule has 0 aliphatic heterocycles. The van der Waals surface area contributed by atoms with Gasteiger partial charge in [-0.3, -0.25) is 0 Å². The fourth-order valence-corrected chi connectivity index (χ4v) is 2.10. The van der Waals surface area contributed by atoms with E-state index in [-0.39, 0.29) is 0 Å². The monoisotopic (exact) mass is 168 g/mol. The Balaban J connectivity index is 1.68. The summed E-state index contributed by atoms with van der Waals surface area (Å²) in [5.41, 5.74) is 6.05. The molecule has 0 aromatic heterocycles. The molecule has 3 N–H and O–H groups in total. The summed E-state index contributed by atoms with van der Waals surface area (Å²) in [4.78, 5) is 0. The first-order valence-electron chi connectivity index (χ1n) is 5.35. The third-order valence-electron chi connectivity index (χ3n) is 3.21. The zero-order valence-electron chi connectivity index (χ0n) is 7.76. The van der Waals surface area contributed by atoms with Crippen molar-refractivity contribution in [1.29, 1.82) is 0 Å². The minimum Gasteiger partial charge on any atom is -0.327 e. The highest BCUT2D eigenvalue weighted by molar-refractivity contribution is 4.85. The molecule has 2 atom stereocenters. The Morgan fingerprint density at radius 3 is 2.50 bits per heavy atom. The molecule has 0 unspecified atom stereocenters. The molecule has 12 heavy (non-hydrogen) atoms. The van der Waals surface area contributed by atoms with Gasteiger partial charge in [0, 0.05) is 12.1 Å². The van der Waals surface area contributed by atoms with Gasteiger partial charge in [0.2, 0.25) is 0 Å². The zero-order valence-corrected chi connectivity index (χ0v) is 7.76. The van der Waals surface area contributed by atoms with Crippen molar-refractivity contribution < 1.29 is 0 Å². The van der Waals surface area contributed by atoms with Gasteiger partial charge in [-0.2, -0.15) is 0 Å². The lowest BCUT2D eigenvalue weighted by atomic mass is 9.85. The first-order chi connectivity index (χ1) is 5.86. The van der Waals surface area contributed by atoms with Crippen LogP contribution in [0.15, 0.2) is 0 Å². The van der Waals surface area contributed by atoms with Crippen molar-refractivity contribution in [2.24, 2.45) is 11.7 Å². The second-order valence-corrected chi connectivity index (χ2v) is 4.39. The third kappa shape index (κ3) is 2.20. The smallest absolute Gasteiger partial charge is 0.00792 e. The van der Waals surface area contributed by atoms with E-state index in [0.29, 0.717) is 6.04 Å². The molecule has 0 spiro atoms. The molecule has 0 radical (unpaired) electrons. The van der Waals surface area contributed by atoms with Gasteiger partial charge in [0.25, 0.3) is 0 Å². The van der Waals surface area contributed by atoms with Crippen molar-refractivity contribution >= 4 is 0 Å². The SMILES string of the molecule is N[C@H]1CCCC[C@H]1CNC1CC1. The fourth-order valence-electron chi connectivity index (χ4n) is 2.10. The Morgan fingerprint density at radius 1 is 1.08 bits per heavy atom. The van der Waals surface area contributed by atoms with Gasteiger partial charge in [0.15, 0.2) is 0 Å². The molecule has 70 valence electrons. The molecular formula is C10H20N2. The van der Waals surface area contributed by atoms with Crippen LogP contribution in [0.25, 0.3) is 0 Å². The van der Waals surface area contributed by atoms with E-state index in [1.54, 1.807) is 0 Å². The average Bonchev–Trinajstić information content (AvgIpc) is 2.86. The summed E-state index contributed by atoms with van der Waals surface area (Å²) in [6.07, 6.45) is 8.12. The molecule has 2 nitrogen and oxygen atoms in total. The molecule has 2 aliphatic carbocycles. The van der Waals surface area contributed by atoms with Crippen LogP contribution >= 0.6 is 0 Å². The van der Waals surface area contributed by atoms with Gasteiger partial charge in [-0.25, -0.2) is 0 Å². The summed E-state index contributed by atoms with van der Waals surface area (Å²) in [7, 11) is 0. The molecule has 0 heterocycles.